The molecule has 0 unspecified atom stereocenters. The number of nitrogens with zero attached hydrogens (tertiary/aromatic N) is 1. The van der Waals surface area contributed by atoms with E-state index in [1.54, 1.807) is 37.3 Å². The Hall–Kier alpha value is -1.56. The Bertz CT molecular complexity index is 813. The van der Waals surface area contributed by atoms with Gasteiger partial charge in [0.15, 0.2) is 0 Å². The van der Waals surface area contributed by atoms with Gasteiger partial charge in [0.1, 0.15) is 0 Å². The van der Waals surface area contributed by atoms with Crippen LogP contribution < -0.4 is 4.83 Å². The third-order valence-electron chi connectivity index (χ3n) is 3.00. The van der Waals surface area contributed by atoms with Gasteiger partial charge in [-0.1, -0.05) is 41.4 Å². The number of benzene rings is 2. The predicted molar refractivity (Wildman–Crippen MR) is 90.3 cm³/mol. The van der Waals surface area contributed by atoms with Gasteiger partial charge in [0.05, 0.1) is 21.2 Å². The third kappa shape index (κ3) is 3.80. The Balaban J connectivity index is 2.27. The highest BCUT2D eigenvalue weighted by atomic mass is 35.5. The molecular formula is C15H14Cl2N2O2S. The first-order valence-corrected chi connectivity index (χ1v) is 8.61. The summed E-state index contributed by atoms with van der Waals surface area (Å²) in [6.45, 7) is 3.55. The fourth-order valence-electron chi connectivity index (χ4n) is 1.84. The summed E-state index contributed by atoms with van der Waals surface area (Å²) in [5.41, 5.74) is 1.95. The monoisotopic (exact) mass is 356 g/mol. The lowest BCUT2D eigenvalue weighted by Crippen LogP contribution is -2.19. The number of halogens is 2. The molecule has 2 aromatic carbocycles. The Morgan fingerprint density at radius 3 is 2.36 bits per heavy atom. The summed E-state index contributed by atoms with van der Waals surface area (Å²) in [4.78, 5) is 2.36. The number of hydrazone groups is 1. The van der Waals surface area contributed by atoms with Crippen molar-refractivity contribution in [3.8, 4) is 0 Å². The molecule has 0 spiro atoms. The van der Waals surface area contributed by atoms with Gasteiger partial charge in [0, 0.05) is 5.56 Å². The fourth-order valence-corrected chi connectivity index (χ4v) is 3.46. The average Bonchev–Trinajstić information content (AvgIpc) is 2.44. The van der Waals surface area contributed by atoms with E-state index in [-0.39, 0.29) is 4.90 Å². The van der Waals surface area contributed by atoms with E-state index in [1.807, 2.05) is 13.0 Å². The predicted octanol–water partition coefficient (Wildman–Crippen LogP) is 3.92. The molecule has 2 rings (SSSR count). The van der Waals surface area contributed by atoms with Crippen LogP contribution in [0.5, 0.6) is 0 Å². The van der Waals surface area contributed by atoms with Crippen LogP contribution in [0, 0.1) is 13.8 Å². The van der Waals surface area contributed by atoms with Crippen LogP contribution in [-0.2, 0) is 10.0 Å². The van der Waals surface area contributed by atoms with E-state index in [4.69, 9.17) is 23.2 Å². The number of hydrogen-bond donors (Lipinski definition) is 1. The van der Waals surface area contributed by atoms with Gasteiger partial charge in [-0.15, -0.1) is 0 Å². The first kappa shape index (κ1) is 16.8. The third-order valence-corrected chi connectivity index (χ3v) is 5.02. The van der Waals surface area contributed by atoms with E-state index in [2.05, 4.69) is 9.93 Å². The molecule has 22 heavy (non-hydrogen) atoms. The van der Waals surface area contributed by atoms with Gasteiger partial charge in [0.2, 0.25) is 0 Å². The zero-order chi connectivity index (χ0) is 16.3. The van der Waals surface area contributed by atoms with Crippen LogP contribution >= 0.6 is 23.2 Å². The summed E-state index contributed by atoms with van der Waals surface area (Å²) in [6.07, 6.45) is 1.29. The molecule has 0 fully saturated rings. The van der Waals surface area contributed by atoms with Gasteiger partial charge in [-0.05, 0) is 43.2 Å². The molecule has 0 bridgehead atoms. The Kier molecular flexibility index (Phi) is 5.11. The molecule has 0 aliphatic heterocycles. The Morgan fingerprint density at radius 2 is 1.73 bits per heavy atom. The van der Waals surface area contributed by atoms with Crippen molar-refractivity contribution in [3.05, 3.63) is 63.1 Å². The van der Waals surface area contributed by atoms with Crippen LogP contribution in [0.3, 0.4) is 0 Å². The van der Waals surface area contributed by atoms with Crippen molar-refractivity contribution in [1.82, 2.24) is 4.83 Å². The molecule has 0 saturated carbocycles. The molecule has 7 heteroatoms. The average molecular weight is 357 g/mol. The minimum Gasteiger partial charge on any atom is -0.200 e. The molecule has 0 aliphatic carbocycles. The standard InChI is InChI=1S/C15H14Cl2N2O2S/c1-10-6-7-11(2)15(8-10)22(20,21)19-18-9-12-13(16)4-3-5-14(12)17/h3-9,19H,1-2H3. The number of hydrogen-bond acceptors (Lipinski definition) is 3. The van der Waals surface area contributed by atoms with Crippen LogP contribution in [0.15, 0.2) is 46.4 Å². The molecular weight excluding hydrogens is 343 g/mol. The van der Waals surface area contributed by atoms with Crippen molar-refractivity contribution in [2.24, 2.45) is 5.10 Å². The zero-order valence-corrected chi connectivity index (χ0v) is 14.3. The maximum Gasteiger partial charge on any atom is 0.276 e. The van der Waals surface area contributed by atoms with E-state index in [0.717, 1.165) is 5.56 Å². The summed E-state index contributed by atoms with van der Waals surface area (Å²) in [6, 6.07) is 10.2. The summed E-state index contributed by atoms with van der Waals surface area (Å²) >= 11 is 12.0. The van der Waals surface area contributed by atoms with Crippen LogP contribution in [0.4, 0.5) is 0 Å². The number of aryl methyl sites for hydroxylation is 2. The van der Waals surface area contributed by atoms with Crippen molar-refractivity contribution < 1.29 is 8.42 Å². The lowest BCUT2D eigenvalue weighted by atomic mass is 10.2. The lowest BCUT2D eigenvalue weighted by Gasteiger charge is -2.08. The van der Waals surface area contributed by atoms with Gasteiger partial charge in [0.25, 0.3) is 10.0 Å². The Morgan fingerprint density at radius 1 is 1.09 bits per heavy atom. The normalized spacial score (nSPS) is 11.8. The van der Waals surface area contributed by atoms with E-state index in [9.17, 15) is 8.42 Å². The van der Waals surface area contributed by atoms with Gasteiger partial charge in [-0.25, -0.2) is 4.83 Å². The van der Waals surface area contributed by atoms with Crippen LogP contribution in [0.25, 0.3) is 0 Å². The van der Waals surface area contributed by atoms with E-state index >= 15 is 0 Å². The molecule has 0 radical (unpaired) electrons. The van der Waals surface area contributed by atoms with Gasteiger partial charge in [-0.3, -0.25) is 0 Å². The summed E-state index contributed by atoms with van der Waals surface area (Å²) in [5.74, 6) is 0. The molecule has 0 amide bonds. The van der Waals surface area contributed by atoms with E-state index < -0.39 is 10.0 Å². The van der Waals surface area contributed by atoms with Crippen LogP contribution in [-0.4, -0.2) is 14.6 Å². The van der Waals surface area contributed by atoms with Crippen molar-refractivity contribution in [2.45, 2.75) is 18.7 Å². The van der Waals surface area contributed by atoms with E-state index in [1.165, 1.54) is 6.21 Å². The fraction of sp³-hybridized carbons (Fsp3) is 0.133. The molecule has 1 N–H and O–H groups in total. The van der Waals surface area contributed by atoms with Crippen LogP contribution in [0.1, 0.15) is 16.7 Å². The lowest BCUT2D eigenvalue weighted by molar-refractivity contribution is 0.584. The molecule has 0 aromatic heterocycles. The van der Waals surface area contributed by atoms with E-state index in [0.29, 0.717) is 21.2 Å². The Labute approximate surface area is 139 Å². The van der Waals surface area contributed by atoms with Gasteiger partial charge in [-0.2, -0.15) is 13.5 Å². The van der Waals surface area contributed by atoms with Gasteiger partial charge >= 0.3 is 0 Å². The molecule has 0 heterocycles. The molecule has 0 saturated heterocycles. The van der Waals surface area contributed by atoms with Crippen molar-refractivity contribution in [3.63, 3.8) is 0 Å². The highest BCUT2D eigenvalue weighted by molar-refractivity contribution is 7.89. The second-order valence-corrected chi connectivity index (χ2v) is 7.20. The van der Waals surface area contributed by atoms with Crippen molar-refractivity contribution in [2.75, 3.05) is 0 Å². The highest BCUT2D eigenvalue weighted by Gasteiger charge is 2.16. The van der Waals surface area contributed by atoms with Crippen molar-refractivity contribution >= 4 is 39.4 Å². The second kappa shape index (κ2) is 6.69. The first-order chi connectivity index (χ1) is 10.3. The smallest absolute Gasteiger partial charge is 0.200 e. The molecule has 0 aliphatic rings. The summed E-state index contributed by atoms with van der Waals surface area (Å²) in [5, 5.41) is 4.53. The largest absolute Gasteiger partial charge is 0.276 e. The second-order valence-electron chi connectivity index (χ2n) is 4.76. The topological polar surface area (TPSA) is 58.5 Å². The first-order valence-electron chi connectivity index (χ1n) is 6.37. The summed E-state index contributed by atoms with van der Waals surface area (Å²) < 4.78 is 24.5. The number of sulfonamides is 1. The molecule has 2 aromatic rings. The molecule has 116 valence electrons. The SMILES string of the molecule is Cc1ccc(C)c(S(=O)(=O)NN=Cc2c(Cl)cccc2Cl)c1. The minimum atomic E-state index is -3.74. The molecule has 0 atom stereocenters. The van der Waals surface area contributed by atoms with Gasteiger partial charge < -0.3 is 0 Å². The highest BCUT2D eigenvalue weighted by Crippen LogP contribution is 2.22. The zero-order valence-electron chi connectivity index (χ0n) is 12.0. The van der Waals surface area contributed by atoms with Crippen LogP contribution in [0.2, 0.25) is 10.0 Å². The van der Waals surface area contributed by atoms with Crippen molar-refractivity contribution in [1.29, 1.82) is 0 Å². The minimum absolute atomic E-state index is 0.190. The number of rotatable bonds is 4. The maximum absolute atomic E-state index is 12.3. The summed E-state index contributed by atoms with van der Waals surface area (Å²) in [7, 11) is -3.74. The number of nitrogens with one attached hydrogen (secondary N) is 1. The maximum atomic E-state index is 12.3. The quantitative estimate of drug-likeness (QED) is 0.666. The molecule has 4 nitrogen and oxygen atoms in total.